The van der Waals surface area contributed by atoms with Crippen LogP contribution in [0.5, 0.6) is 0 Å². The summed E-state index contributed by atoms with van der Waals surface area (Å²) in [4.78, 5) is 11.6. The van der Waals surface area contributed by atoms with Crippen molar-refractivity contribution in [2.45, 2.75) is 25.8 Å². The zero-order valence-electron chi connectivity index (χ0n) is 9.42. The fraction of sp³-hybridized carbons (Fsp3) is 0.417. The Morgan fingerprint density at radius 1 is 1.50 bits per heavy atom. The van der Waals surface area contributed by atoms with Gasteiger partial charge in [0.15, 0.2) is 0 Å². The van der Waals surface area contributed by atoms with Crippen LogP contribution >= 0.6 is 0 Å². The molecular weight excluding hydrogens is 202 g/mol. The van der Waals surface area contributed by atoms with E-state index in [-0.39, 0.29) is 11.9 Å². The van der Waals surface area contributed by atoms with Crippen molar-refractivity contribution in [1.82, 2.24) is 5.32 Å². The number of nitrogen functional groups attached to an aromatic ring is 1. The number of piperidine rings is 1. The molecule has 16 heavy (non-hydrogen) atoms. The number of anilines is 2. The summed E-state index contributed by atoms with van der Waals surface area (Å²) in [5.74, 6) is 0.0769. The second kappa shape index (κ2) is 4.43. The van der Waals surface area contributed by atoms with Crippen molar-refractivity contribution in [3.63, 3.8) is 0 Å². The minimum Gasteiger partial charge on any atom is -0.399 e. The van der Waals surface area contributed by atoms with E-state index in [1.54, 1.807) is 0 Å². The number of nitrogens with one attached hydrogen (secondary N) is 2. The molecule has 4 N–H and O–H groups in total. The summed E-state index contributed by atoms with van der Waals surface area (Å²) in [5.41, 5.74) is 8.49. The fourth-order valence-electron chi connectivity index (χ4n) is 1.89. The van der Waals surface area contributed by atoms with Gasteiger partial charge in [0.2, 0.25) is 5.91 Å². The molecule has 2 rings (SSSR count). The first-order valence-electron chi connectivity index (χ1n) is 5.57. The summed E-state index contributed by atoms with van der Waals surface area (Å²) in [7, 11) is 0. The van der Waals surface area contributed by atoms with Crippen LogP contribution in [0.3, 0.4) is 0 Å². The number of nitrogens with two attached hydrogens (primary N) is 1. The van der Waals surface area contributed by atoms with Gasteiger partial charge in [0, 0.05) is 17.9 Å². The highest BCUT2D eigenvalue weighted by atomic mass is 16.2. The Labute approximate surface area is 95.2 Å². The molecule has 1 aromatic rings. The predicted octanol–water partition coefficient (Wildman–Crippen LogP) is 1.27. The van der Waals surface area contributed by atoms with Crippen molar-refractivity contribution in [2.24, 2.45) is 0 Å². The van der Waals surface area contributed by atoms with Gasteiger partial charge in [-0.3, -0.25) is 4.79 Å². The molecule has 0 bridgehead atoms. The predicted molar refractivity (Wildman–Crippen MR) is 65.2 cm³/mol. The van der Waals surface area contributed by atoms with Gasteiger partial charge in [0.1, 0.15) is 6.04 Å². The van der Waals surface area contributed by atoms with Crippen molar-refractivity contribution in [2.75, 3.05) is 17.6 Å². The lowest BCUT2D eigenvalue weighted by Crippen LogP contribution is -2.44. The first kappa shape index (κ1) is 10.8. The van der Waals surface area contributed by atoms with E-state index in [0.29, 0.717) is 5.69 Å². The van der Waals surface area contributed by atoms with Gasteiger partial charge in [-0.05, 0) is 37.5 Å². The van der Waals surface area contributed by atoms with E-state index in [1.165, 1.54) is 0 Å². The van der Waals surface area contributed by atoms with Crippen LogP contribution in [-0.4, -0.2) is 18.5 Å². The smallest absolute Gasteiger partial charge is 0.242 e. The van der Waals surface area contributed by atoms with Gasteiger partial charge in [0.05, 0.1) is 0 Å². The molecule has 86 valence electrons. The van der Waals surface area contributed by atoms with Gasteiger partial charge in [0.25, 0.3) is 0 Å². The molecule has 1 aromatic carbocycles. The van der Waals surface area contributed by atoms with Crippen molar-refractivity contribution in [1.29, 1.82) is 0 Å². The average Bonchev–Trinajstić information content (AvgIpc) is 2.27. The maximum Gasteiger partial charge on any atom is 0.242 e. The Balaban J connectivity index is 2.13. The Morgan fingerprint density at radius 3 is 3.06 bits per heavy atom. The first-order valence-corrected chi connectivity index (χ1v) is 5.57. The Bertz CT molecular complexity index is 403. The van der Waals surface area contributed by atoms with Crippen molar-refractivity contribution in [3.05, 3.63) is 23.8 Å². The number of benzene rings is 1. The summed E-state index contributed by atoms with van der Waals surface area (Å²) in [6.45, 7) is 2.79. The zero-order valence-corrected chi connectivity index (χ0v) is 9.42. The molecule has 0 radical (unpaired) electrons. The minimum absolute atomic E-state index is 0.0769. The van der Waals surface area contributed by atoms with Gasteiger partial charge in [-0.2, -0.15) is 0 Å². The molecule has 4 heteroatoms. The fourth-order valence-corrected chi connectivity index (χ4v) is 1.89. The molecule has 1 aliphatic heterocycles. The second-order valence-corrected chi connectivity index (χ2v) is 4.20. The van der Waals surface area contributed by atoms with Gasteiger partial charge in [-0.25, -0.2) is 0 Å². The number of carbonyl (C=O) groups excluding carboxylic acids is 1. The van der Waals surface area contributed by atoms with Crippen LogP contribution in [-0.2, 0) is 4.79 Å². The molecular formula is C12H17N3O. The third kappa shape index (κ3) is 2.27. The van der Waals surface area contributed by atoms with Crippen LogP contribution in [0.2, 0.25) is 0 Å². The largest absolute Gasteiger partial charge is 0.399 e. The van der Waals surface area contributed by atoms with Gasteiger partial charge < -0.3 is 16.4 Å². The van der Waals surface area contributed by atoms with Gasteiger partial charge in [-0.1, -0.05) is 6.07 Å². The quantitative estimate of drug-likeness (QED) is 0.656. The number of rotatable bonds is 2. The van der Waals surface area contributed by atoms with Crippen molar-refractivity contribution >= 4 is 17.3 Å². The molecule has 1 fully saturated rings. The number of hydrogen-bond donors (Lipinski definition) is 3. The van der Waals surface area contributed by atoms with Crippen LogP contribution in [0.15, 0.2) is 18.2 Å². The molecule has 0 saturated carbocycles. The van der Waals surface area contributed by atoms with E-state index in [2.05, 4.69) is 10.6 Å². The maximum absolute atomic E-state index is 11.6. The van der Waals surface area contributed by atoms with Crippen LogP contribution in [0.4, 0.5) is 11.4 Å². The molecule has 1 unspecified atom stereocenters. The van der Waals surface area contributed by atoms with Gasteiger partial charge >= 0.3 is 0 Å². The Hall–Kier alpha value is -1.71. The third-order valence-electron chi connectivity index (χ3n) is 2.88. The first-order chi connectivity index (χ1) is 7.66. The topological polar surface area (TPSA) is 67.2 Å². The van der Waals surface area contributed by atoms with E-state index in [9.17, 15) is 4.79 Å². The maximum atomic E-state index is 11.6. The van der Waals surface area contributed by atoms with Crippen molar-refractivity contribution < 1.29 is 4.79 Å². The van der Waals surface area contributed by atoms with Crippen LogP contribution in [0.1, 0.15) is 18.4 Å². The van der Waals surface area contributed by atoms with Crippen molar-refractivity contribution in [3.8, 4) is 0 Å². The lowest BCUT2D eigenvalue weighted by atomic mass is 10.1. The molecule has 1 aliphatic rings. The van der Waals surface area contributed by atoms with Crippen LogP contribution in [0, 0.1) is 6.92 Å². The highest BCUT2D eigenvalue weighted by molar-refractivity contribution is 5.85. The summed E-state index contributed by atoms with van der Waals surface area (Å²) in [5, 5.41) is 6.10. The molecule has 4 nitrogen and oxygen atoms in total. The molecule has 1 heterocycles. The van der Waals surface area contributed by atoms with E-state index in [0.717, 1.165) is 30.6 Å². The molecule has 0 aliphatic carbocycles. The molecule has 1 saturated heterocycles. The molecule has 0 spiro atoms. The monoisotopic (exact) mass is 219 g/mol. The second-order valence-electron chi connectivity index (χ2n) is 4.20. The lowest BCUT2D eigenvalue weighted by molar-refractivity contribution is -0.123. The average molecular weight is 219 g/mol. The lowest BCUT2D eigenvalue weighted by Gasteiger charge is -2.24. The summed E-state index contributed by atoms with van der Waals surface area (Å²) in [6.07, 6.45) is 1.89. The summed E-state index contributed by atoms with van der Waals surface area (Å²) < 4.78 is 0. The summed E-state index contributed by atoms with van der Waals surface area (Å²) >= 11 is 0. The van der Waals surface area contributed by atoms with E-state index in [1.807, 2.05) is 25.1 Å². The van der Waals surface area contributed by atoms with Crippen LogP contribution in [0.25, 0.3) is 0 Å². The number of aryl methyl sites for hydroxylation is 1. The SMILES string of the molecule is Cc1ccc(N)cc1NC1CCCNC1=O. The zero-order chi connectivity index (χ0) is 11.5. The Morgan fingerprint density at radius 2 is 2.31 bits per heavy atom. The van der Waals surface area contributed by atoms with E-state index in [4.69, 9.17) is 5.73 Å². The third-order valence-corrected chi connectivity index (χ3v) is 2.88. The van der Waals surface area contributed by atoms with E-state index < -0.39 is 0 Å². The Kier molecular flexibility index (Phi) is 2.99. The molecule has 0 aromatic heterocycles. The normalized spacial score (nSPS) is 20.3. The molecule has 1 amide bonds. The minimum atomic E-state index is -0.130. The van der Waals surface area contributed by atoms with E-state index >= 15 is 0 Å². The van der Waals surface area contributed by atoms with Crippen LogP contribution < -0.4 is 16.4 Å². The summed E-state index contributed by atoms with van der Waals surface area (Å²) in [6, 6.07) is 5.56. The number of hydrogen-bond acceptors (Lipinski definition) is 3. The highest BCUT2D eigenvalue weighted by Crippen LogP contribution is 2.20. The number of carbonyl (C=O) groups is 1. The molecule has 1 atom stereocenters. The number of amides is 1. The van der Waals surface area contributed by atoms with Gasteiger partial charge in [-0.15, -0.1) is 0 Å². The standard InChI is InChI=1S/C12H17N3O/c1-8-4-5-9(13)7-11(8)15-10-3-2-6-14-12(10)16/h4-5,7,10,15H,2-3,6,13H2,1H3,(H,14,16). The highest BCUT2D eigenvalue weighted by Gasteiger charge is 2.21.